The van der Waals surface area contributed by atoms with E-state index in [9.17, 15) is 4.79 Å². The fourth-order valence-corrected chi connectivity index (χ4v) is 0.776. The van der Waals surface area contributed by atoms with Gasteiger partial charge in [0.05, 0.1) is 12.7 Å². The van der Waals surface area contributed by atoms with Gasteiger partial charge in [0.2, 0.25) is 0 Å². The molecule has 0 fully saturated rings. The molecule has 1 heterocycles. The molecule has 1 aromatic rings. The molecule has 0 amide bonds. The van der Waals surface area contributed by atoms with E-state index < -0.39 is 0 Å². The van der Waals surface area contributed by atoms with Gasteiger partial charge in [0, 0.05) is 12.3 Å². The van der Waals surface area contributed by atoms with Crippen LogP contribution in [0.4, 0.5) is 0 Å². The number of hydrogen-bond donors (Lipinski definition) is 0. The van der Waals surface area contributed by atoms with Crippen LogP contribution in [0.1, 0.15) is 6.92 Å². The van der Waals surface area contributed by atoms with Gasteiger partial charge in [-0.25, -0.2) is 9.48 Å². The van der Waals surface area contributed by atoms with E-state index in [1.165, 1.54) is 6.08 Å². The van der Waals surface area contributed by atoms with Crippen LogP contribution in [0.5, 0.6) is 0 Å². The number of rotatable bonds is 4. The first-order valence-electron chi connectivity index (χ1n) is 3.96. The zero-order valence-electron chi connectivity index (χ0n) is 7.38. The molecule has 0 saturated heterocycles. The SMILES string of the molecule is C/C=C/C(=O)OCCn1ccnn1. The summed E-state index contributed by atoms with van der Waals surface area (Å²) in [5.74, 6) is -0.331. The van der Waals surface area contributed by atoms with Crippen LogP contribution < -0.4 is 0 Å². The van der Waals surface area contributed by atoms with Crippen LogP contribution in [-0.2, 0) is 16.1 Å². The average molecular weight is 181 g/mol. The highest BCUT2D eigenvalue weighted by atomic mass is 16.5. The molecule has 13 heavy (non-hydrogen) atoms. The third-order valence-electron chi connectivity index (χ3n) is 1.34. The van der Waals surface area contributed by atoms with E-state index in [2.05, 4.69) is 10.3 Å². The lowest BCUT2D eigenvalue weighted by atomic mass is 10.5. The van der Waals surface area contributed by atoms with Crippen LogP contribution in [0, 0.1) is 0 Å². The second-order valence-corrected chi connectivity index (χ2v) is 2.33. The van der Waals surface area contributed by atoms with Crippen LogP contribution in [0.2, 0.25) is 0 Å². The quantitative estimate of drug-likeness (QED) is 0.498. The van der Waals surface area contributed by atoms with Crippen molar-refractivity contribution in [2.24, 2.45) is 0 Å². The van der Waals surface area contributed by atoms with E-state index in [0.29, 0.717) is 13.2 Å². The minimum Gasteiger partial charge on any atom is -0.461 e. The number of hydrogen-bond acceptors (Lipinski definition) is 4. The van der Waals surface area contributed by atoms with Crippen molar-refractivity contribution in [2.45, 2.75) is 13.5 Å². The molecule has 0 N–H and O–H groups in total. The Morgan fingerprint density at radius 1 is 1.69 bits per heavy atom. The van der Waals surface area contributed by atoms with E-state index in [-0.39, 0.29) is 5.97 Å². The topological polar surface area (TPSA) is 57.0 Å². The van der Waals surface area contributed by atoms with Crippen LogP contribution >= 0.6 is 0 Å². The third kappa shape index (κ3) is 3.50. The van der Waals surface area contributed by atoms with Crippen molar-refractivity contribution in [3.05, 3.63) is 24.5 Å². The van der Waals surface area contributed by atoms with Gasteiger partial charge in [-0.05, 0) is 6.92 Å². The molecule has 1 rings (SSSR count). The lowest BCUT2D eigenvalue weighted by molar-refractivity contribution is -0.138. The van der Waals surface area contributed by atoms with Crippen LogP contribution in [0.25, 0.3) is 0 Å². The molecule has 0 spiro atoms. The summed E-state index contributed by atoms with van der Waals surface area (Å²) < 4.78 is 6.44. The summed E-state index contributed by atoms with van der Waals surface area (Å²) in [6, 6.07) is 0. The van der Waals surface area contributed by atoms with Crippen molar-refractivity contribution in [1.82, 2.24) is 15.0 Å². The normalized spacial score (nSPS) is 10.5. The Morgan fingerprint density at radius 3 is 3.15 bits per heavy atom. The highest BCUT2D eigenvalue weighted by molar-refractivity contribution is 5.81. The minimum absolute atomic E-state index is 0.312. The molecule has 0 aliphatic rings. The van der Waals surface area contributed by atoms with Crippen molar-refractivity contribution in [1.29, 1.82) is 0 Å². The second kappa shape index (κ2) is 5.08. The maximum absolute atomic E-state index is 10.8. The van der Waals surface area contributed by atoms with Gasteiger partial charge in [0.25, 0.3) is 0 Å². The second-order valence-electron chi connectivity index (χ2n) is 2.33. The Balaban J connectivity index is 2.18. The molecule has 5 heteroatoms. The third-order valence-corrected chi connectivity index (χ3v) is 1.34. The maximum Gasteiger partial charge on any atom is 0.330 e. The Hall–Kier alpha value is -1.65. The molecule has 0 bridgehead atoms. The van der Waals surface area contributed by atoms with Gasteiger partial charge in [0.1, 0.15) is 6.61 Å². The molecule has 0 atom stereocenters. The standard InChI is InChI=1S/C8H11N3O2/c1-2-3-8(12)13-7-6-11-5-4-9-10-11/h2-5H,6-7H2,1H3/b3-2+. The number of esters is 1. The van der Waals surface area contributed by atoms with Gasteiger partial charge in [-0.3, -0.25) is 0 Å². The molecular formula is C8H11N3O2. The Bertz CT molecular complexity index is 280. The zero-order valence-corrected chi connectivity index (χ0v) is 7.38. The molecule has 0 unspecified atom stereocenters. The molecule has 1 aromatic heterocycles. The van der Waals surface area contributed by atoms with E-state index in [1.807, 2.05) is 0 Å². The lowest BCUT2D eigenvalue weighted by Crippen LogP contribution is -2.09. The Labute approximate surface area is 76.0 Å². The van der Waals surface area contributed by atoms with Crippen molar-refractivity contribution < 1.29 is 9.53 Å². The summed E-state index contributed by atoms with van der Waals surface area (Å²) in [5.41, 5.74) is 0. The summed E-state index contributed by atoms with van der Waals surface area (Å²) in [6.07, 6.45) is 6.30. The van der Waals surface area contributed by atoms with Gasteiger partial charge in [0.15, 0.2) is 0 Å². The predicted molar refractivity (Wildman–Crippen MR) is 45.8 cm³/mol. The fourth-order valence-electron chi connectivity index (χ4n) is 0.776. The molecule has 70 valence electrons. The van der Waals surface area contributed by atoms with E-state index in [4.69, 9.17) is 4.74 Å². The number of nitrogens with zero attached hydrogens (tertiary/aromatic N) is 3. The number of carbonyl (C=O) groups excluding carboxylic acids is 1. The van der Waals surface area contributed by atoms with E-state index in [1.54, 1.807) is 30.1 Å². The predicted octanol–water partition coefficient (Wildman–Crippen LogP) is 0.397. The summed E-state index contributed by atoms with van der Waals surface area (Å²) in [7, 11) is 0. The van der Waals surface area contributed by atoms with Gasteiger partial charge < -0.3 is 4.74 Å². The number of allylic oxidation sites excluding steroid dienone is 1. The van der Waals surface area contributed by atoms with Gasteiger partial charge >= 0.3 is 5.97 Å². The van der Waals surface area contributed by atoms with Crippen LogP contribution in [-0.4, -0.2) is 27.6 Å². The monoisotopic (exact) mass is 181 g/mol. The summed E-state index contributed by atoms with van der Waals surface area (Å²) >= 11 is 0. The number of aromatic nitrogens is 3. The largest absolute Gasteiger partial charge is 0.461 e. The van der Waals surface area contributed by atoms with Crippen molar-refractivity contribution in [2.75, 3.05) is 6.61 Å². The van der Waals surface area contributed by atoms with Crippen molar-refractivity contribution >= 4 is 5.97 Å². The fraction of sp³-hybridized carbons (Fsp3) is 0.375. The first kappa shape index (κ1) is 9.44. The molecule has 0 aliphatic carbocycles. The molecular weight excluding hydrogens is 170 g/mol. The molecule has 0 aromatic carbocycles. The van der Waals surface area contributed by atoms with Gasteiger partial charge in [-0.2, -0.15) is 0 Å². The van der Waals surface area contributed by atoms with Crippen LogP contribution in [0.15, 0.2) is 24.5 Å². The first-order chi connectivity index (χ1) is 6.33. The Morgan fingerprint density at radius 2 is 2.54 bits per heavy atom. The summed E-state index contributed by atoms with van der Waals surface area (Å²) in [6.45, 7) is 2.61. The molecule has 0 aliphatic heterocycles. The van der Waals surface area contributed by atoms with Gasteiger partial charge in [-0.1, -0.05) is 11.3 Å². The molecule has 0 saturated carbocycles. The van der Waals surface area contributed by atoms with Gasteiger partial charge in [-0.15, -0.1) is 5.10 Å². The molecule has 5 nitrogen and oxygen atoms in total. The Kier molecular flexibility index (Phi) is 3.69. The zero-order chi connectivity index (χ0) is 9.52. The maximum atomic E-state index is 10.8. The highest BCUT2D eigenvalue weighted by Crippen LogP contribution is 1.85. The minimum atomic E-state index is -0.331. The smallest absolute Gasteiger partial charge is 0.330 e. The summed E-state index contributed by atoms with van der Waals surface area (Å²) in [5, 5.41) is 7.33. The highest BCUT2D eigenvalue weighted by Gasteiger charge is 1.96. The first-order valence-corrected chi connectivity index (χ1v) is 3.96. The van der Waals surface area contributed by atoms with Crippen LogP contribution in [0.3, 0.4) is 0 Å². The number of carbonyl (C=O) groups is 1. The summed E-state index contributed by atoms with van der Waals surface area (Å²) in [4.78, 5) is 10.8. The van der Waals surface area contributed by atoms with E-state index >= 15 is 0 Å². The molecule has 0 radical (unpaired) electrons. The van der Waals surface area contributed by atoms with E-state index in [0.717, 1.165) is 0 Å². The van der Waals surface area contributed by atoms with Crippen molar-refractivity contribution in [3.63, 3.8) is 0 Å². The lowest BCUT2D eigenvalue weighted by Gasteiger charge is -2.00. The van der Waals surface area contributed by atoms with Crippen molar-refractivity contribution in [3.8, 4) is 0 Å². The average Bonchev–Trinajstić information content (AvgIpc) is 2.57. The number of ether oxygens (including phenoxy) is 1.